The van der Waals surface area contributed by atoms with Gasteiger partial charge in [0, 0.05) is 38.9 Å². The number of hydrogen-bond donors (Lipinski definition) is 1. The Kier molecular flexibility index (Phi) is 9.57. The Morgan fingerprint density at radius 1 is 0.929 bits per heavy atom. The van der Waals surface area contributed by atoms with Crippen molar-refractivity contribution in [3.8, 4) is 11.1 Å². The van der Waals surface area contributed by atoms with E-state index in [1.807, 2.05) is 78.9 Å². The van der Waals surface area contributed by atoms with Crippen molar-refractivity contribution in [3.63, 3.8) is 0 Å². The molecule has 5 rings (SSSR count). The molecule has 1 aliphatic heterocycles. The van der Waals surface area contributed by atoms with Gasteiger partial charge in [0.05, 0.1) is 12.2 Å². The van der Waals surface area contributed by atoms with Crippen LogP contribution in [0.1, 0.15) is 41.6 Å². The molecule has 2 amide bonds. The number of methoxy groups -OCH3 is 2. The first-order chi connectivity index (χ1) is 20.4. The molecule has 2 fully saturated rings. The summed E-state index contributed by atoms with van der Waals surface area (Å²) in [5, 5.41) is 2.96. The molecule has 1 saturated carbocycles. The number of nitrogens with one attached hydrogen (secondary N) is 1. The van der Waals surface area contributed by atoms with Gasteiger partial charge in [-0.25, -0.2) is 4.79 Å². The predicted octanol–water partition coefficient (Wildman–Crippen LogP) is 6.04. The average molecular weight is 572 g/mol. The van der Waals surface area contributed by atoms with E-state index in [2.05, 4.69) is 10.2 Å². The van der Waals surface area contributed by atoms with E-state index in [9.17, 15) is 9.59 Å². The van der Waals surface area contributed by atoms with Crippen LogP contribution in [0, 0.1) is 5.41 Å². The standard InChI is InChI=1S/C34H41N3O5/c1-36(24-31(40-2)41-3)32(38)27-15-13-25(14-16-27)23-37-19-17-34(18-20-37)21-28(22-34)42-33(39)35-30-12-8-7-11-29(30)26-9-5-4-6-10-26/h4-16,28,31H,17-24H2,1-3H3,(H,35,39). The molecule has 0 radical (unpaired) electrons. The fourth-order valence-corrected chi connectivity index (χ4v) is 6.12. The second-order valence-electron chi connectivity index (χ2n) is 11.5. The number of carbonyl (C=O) groups is 2. The van der Waals surface area contributed by atoms with Gasteiger partial charge in [0.1, 0.15) is 6.10 Å². The zero-order valence-electron chi connectivity index (χ0n) is 24.8. The molecular formula is C34H41N3O5. The number of benzene rings is 3. The van der Waals surface area contributed by atoms with Crippen LogP contribution in [0.5, 0.6) is 0 Å². The maximum Gasteiger partial charge on any atom is 0.411 e. The van der Waals surface area contributed by atoms with Crippen LogP contribution in [-0.2, 0) is 20.8 Å². The number of nitrogens with zero attached hydrogens (tertiary/aromatic N) is 2. The van der Waals surface area contributed by atoms with Crippen LogP contribution >= 0.6 is 0 Å². The summed E-state index contributed by atoms with van der Waals surface area (Å²) in [5.74, 6) is -0.0589. The number of likely N-dealkylation sites (tertiary alicyclic amines) is 1. The number of amides is 2. The first-order valence-corrected chi connectivity index (χ1v) is 14.6. The van der Waals surface area contributed by atoms with Crippen LogP contribution in [0.4, 0.5) is 10.5 Å². The van der Waals surface area contributed by atoms with Gasteiger partial charge in [-0.2, -0.15) is 0 Å². The van der Waals surface area contributed by atoms with E-state index in [0.29, 0.717) is 12.1 Å². The van der Waals surface area contributed by atoms with E-state index in [-0.39, 0.29) is 23.5 Å². The van der Waals surface area contributed by atoms with Gasteiger partial charge in [-0.05, 0) is 73.5 Å². The monoisotopic (exact) mass is 571 g/mol. The van der Waals surface area contributed by atoms with Crippen LogP contribution in [-0.4, -0.2) is 75.1 Å². The zero-order chi connectivity index (χ0) is 29.5. The molecule has 0 aromatic heterocycles. The number of ether oxygens (including phenoxy) is 3. The molecule has 222 valence electrons. The van der Waals surface area contributed by atoms with Crippen LogP contribution in [0.25, 0.3) is 11.1 Å². The number of likely N-dealkylation sites (N-methyl/N-ethyl adjacent to an activating group) is 1. The average Bonchev–Trinajstić information content (AvgIpc) is 3.00. The third kappa shape index (κ3) is 7.18. The molecule has 8 heteroatoms. The Hall–Kier alpha value is -3.72. The number of piperidine rings is 1. The summed E-state index contributed by atoms with van der Waals surface area (Å²) in [6.45, 7) is 3.26. The number of rotatable bonds is 10. The Labute approximate surface area is 248 Å². The van der Waals surface area contributed by atoms with Crippen molar-refractivity contribution in [3.05, 3.63) is 90.0 Å². The first kappa shape index (κ1) is 29.8. The van der Waals surface area contributed by atoms with E-state index < -0.39 is 6.29 Å². The molecule has 1 N–H and O–H groups in total. The smallest absolute Gasteiger partial charge is 0.411 e. The van der Waals surface area contributed by atoms with Gasteiger partial charge in [0.2, 0.25) is 0 Å². The second-order valence-corrected chi connectivity index (χ2v) is 11.5. The van der Waals surface area contributed by atoms with Gasteiger partial charge >= 0.3 is 6.09 Å². The van der Waals surface area contributed by atoms with E-state index >= 15 is 0 Å². The van der Waals surface area contributed by atoms with Gasteiger partial charge in [-0.1, -0.05) is 60.7 Å². The van der Waals surface area contributed by atoms with Crippen molar-refractivity contribution < 1.29 is 23.8 Å². The molecule has 42 heavy (non-hydrogen) atoms. The lowest BCUT2D eigenvalue weighted by molar-refractivity contribution is -0.110. The van der Waals surface area contributed by atoms with E-state index in [4.69, 9.17) is 14.2 Å². The molecule has 1 aliphatic carbocycles. The topological polar surface area (TPSA) is 80.3 Å². The highest BCUT2D eigenvalue weighted by molar-refractivity contribution is 5.94. The first-order valence-electron chi connectivity index (χ1n) is 14.6. The Morgan fingerprint density at radius 2 is 1.57 bits per heavy atom. The highest BCUT2D eigenvalue weighted by Gasteiger charge is 2.47. The van der Waals surface area contributed by atoms with E-state index in [0.717, 1.165) is 62.1 Å². The summed E-state index contributed by atoms with van der Waals surface area (Å²) < 4.78 is 16.2. The molecule has 3 aromatic rings. The number of para-hydroxylation sites is 1. The molecule has 2 aliphatic rings. The molecule has 0 bridgehead atoms. The zero-order valence-corrected chi connectivity index (χ0v) is 24.8. The Balaban J connectivity index is 1.05. The Morgan fingerprint density at radius 3 is 2.24 bits per heavy atom. The molecule has 0 atom stereocenters. The van der Waals surface area contributed by atoms with Crippen molar-refractivity contribution in [2.24, 2.45) is 5.41 Å². The minimum absolute atomic E-state index is 0.0355. The van der Waals surface area contributed by atoms with Crippen molar-refractivity contribution in [1.82, 2.24) is 9.80 Å². The highest BCUT2D eigenvalue weighted by Crippen LogP contribution is 2.50. The van der Waals surface area contributed by atoms with Crippen LogP contribution in [0.2, 0.25) is 0 Å². The summed E-state index contributed by atoms with van der Waals surface area (Å²) in [5.41, 5.74) is 4.90. The van der Waals surface area contributed by atoms with E-state index in [1.54, 1.807) is 26.2 Å². The fourth-order valence-electron chi connectivity index (χ4n) is 6.12. The van der Waals surface area contributed by atoms with Crippen LogP contribution in [0.3, 0.4) is 0 Å². The third-order valence-electron chi connectivity index (χ3n) is 8.66. The van der Waals surface area contributed by atoms with Crippen molar-refractivity contribution >= 4 is 17.7 Å². The summed E-state index contributed by atoms with van der Waals surface area (Å²) in [4.78, 5) is 29.6. The SMILES string of the molecule is COC(CN(C)C(=O)c1ccc(CN2CCC3(CC2)CC(OC(=O)Nc2ccccc2-c2ccccc2)C3)cc1)OC. The van der Waals surface area contributed by atoms with Gasteiger partial charge in [0.15, 0.2) is 6.29 Å². The van der Waals surface area contributed by atoms with E-state index in [1.165, 1.54) is 5.56 Å². The minimum atomic E-state index is -0.447. The summed E-state index contributed by atoms with van der Waals surface area (Å²) in [6, 6.07) is 25.7. The largest absolute Gasteiger partial charge is 0.446 e. The van der Waals surface area contributed by atoms with Gasteiger partial charge in [-0.15, -0.1) is 0 Å². The molecule has 1 heterocycles. The maximum absolute atomic E-state index is 12.8. The normalized spacial score (nSPS) is 16.7. The van der Waals surface area contributed by atoms with Crippen molar-refractivity contribution in [1.29, 1.82) is 0 Å². The molecule has 8 nitrogen and oxygen atoms in total. The molecule has 1 saturated heterocycles. The van der Waals surface area contributed by atoms with Crippen LogP contribution in [0.15, 0.2) is 78.9 Å². The quantitative estimate of drug-likeness (QED) is 0.299. The molecule has 1 spiro atoms. The highest BCUT2D eigenvalue weighted by atomic mass is 16.7. The maximum atomic E-state index is 12.8. The number of hydrogen-bond acceptors (Lipinski definition) is 6. The summed E-state index contributed by atoms with van der Waals surface area (Å²) in [6.07, 6.45) is 3.18. The lowest BCUT2D eigenvalue weighted by atomic mass is 9.61. The van der Waals surface area contributed by atoms with Gasteiger partial charge in [-0.3, -0.25) is 15.0 Å². The van der Waals surface area contributed by atoms with Crippen molar-refractivity contribution in [2.75, 3.05) is 46.2 Å². The number of carbonyl (C=O) groups excluding carboxylic acids is 2. The predicted molar refractivity (Wildman–Crippen MR) is 163 cm³/mol. The Bertz CT molecular complexity index is 1330. The summed E-state index contributed by atoms with van der Waals surface area (Å²) >= 11 is 0. The minimum Gasteiger partial charge on any atom is -0.446 e. The van der Waals surface area contributed by atoms with Gasteiger partial charge < -0.3 is 19.1 Å². The lowest BCUT2D eigenvalue weighted by Gasteiger charge is -2.51. The molecular weight excluding hydrogens is 530 g/mol. The molecule has 3 aromatic carbocycles. The van der Waals surface area contributed by atoms with Crippen LogP contribution < -0.4 is 5.32 Å². The fraction of sp³-hybridized carbons (Fsp3) is 0.412. The summed E-state index contributed by atoms with van der Waals surface area (Å²) in [7, 11) is 4.87. The second kappa shape index (κ2) is 13.5. The lowest BCUT2D eigenvalue weighted by Crippen LogP contribution is -2.50. The third-order valence-corrected chi connectivity index (χ3v) is 8.66. The van der Waals surface area contributed by atoms with Crippen molar-refractivity contribution in [2.45, 2.75) is 44.6 Å². The van der Waals surface area contributed by atoms with Gasteiger partial charge in [0.25, 0.3) is 5.91 Å². The number of anilines is 1. The molecule has 0 unspecified atom stereocenters.